The van der Waals surface area contributed by atoms with Crippen LogP contribution in [0.3, 0.4) is 0 Å². The van der Waals surface area contributed by atoms with Gasteiger partial charge < -0.3 is 11.0 Å². The molecule has 6 nitrogen and oxygen atoms in total. The molecule has 0 aromatic carbocycles. The summed E-state index contributed by atoms with van der Waals surface area (Å²) in [7, 11) is -4.67. The first-order valence-electron chi connectivity index (χ1n) is 0.698. The molecule has 56 valence electrons. The Balaban J connectivity index is -0.00000000800. The van der Waals surface area contributed by atoms with Gasteiger partial charge in [0, 0.05) is 0 Å². The van der Waals surface area contributed by atoms with Gasteiger partial charge in [-0.15, -0.1) is 0 Å². The molecule has 0 bridgehead atoms. The van der Waals surface area contributed by atoms with E-state index in [1.165, 1.54) is 0 Å². The topological polar surface area (TPSA) is 138 Å². The zero-order chi connectivity index (χ0) is 4.50. The molecule has 0 atom stereocenters. The van der Waals surface area contributed by atoms with Gasteiger partial charge in [-0.1, -0.05) is 0 Å². The van der Waals surface area contributed by atoms with Crippen LogP contribution in [-0.2, 0) is 10.4 Å². The average molecular weight is 208 g/mol. The monoisotopic (exact) mass is 208 g/mol. The Labute approximate surface area is 123 Å². The van der Waals surface area contributed by atoms with Crippen molar-refractivity contribution in [1.29, 1.82) is 0 Å². The van der Waals surface area contributed by atoms with Gasteiger partial charge in [-0.3, -0.25) is 9.11 Å². The van der Waals surface area contributed by atoms with E-state index >= 15 is 0 Å². The molecule has 0 aliphatic rings. The van der Waals surface area contributed by atoms with E-state index in [-0.39, 0.29) is 97.1 Å². The van der Waals surface area contributed by atoms with E-state index < -0.39 is 10.4 Å². The van der Waals surface area contributed by atoms with Crippen molar-refractivity contribution >= 4 is 96.6 Å². The van der Waals surface area contributed by atoms with E-state index in [2.05, 4.69) is 0 Å². The molecule has 0 unspecified atom stereocenters. The summed E-state index contributed by atoms with van der Waals surface area (Å²) in [6, 6.07) is 0. The van der Waals surface area contributed by atoms with Crippen LogP contribution in [0.5, 0.6) is 0 Å². The minimum atomic E-state index is -4.67. The van der Waals surface area contributed by atoms with Crippen LogP contribution in [0.15, 0.2) is 0 Å². The molecule has 0 aliphatic carbocycles. The summed E-state index contributed by atoms with van der Waals surface area (Å²) < 4.78 is 31.6. The Kier molecular flexibility index (Phi) is 68.6. The molecule has 0 saturated heterocycles. The first kappa shape index (κ1) is 38.8. The van der Waals surface area contributed by atoms with Gasteiger partial charge in [0.25, 0.3) is 0 Å². The van der Waals surface area contributed by atoms with Crippen LogP contribution in [0.4, 0.5) is 0 Å². The summed E-state index contributed by atoms with van der Waals surface area (Å²) in [5.74, 6) is 0. The molecule has 0 aromatic heterocycles. The van der Waals surface area contributed by atoms with E-state index in [1.807, 2.05) is 0 Å². The Bertz CT molecular complexity index is 101. The third kappa shape index (κ3) is 141. The van der Waals surface area contributed by atoms with Gasteiger partial charge in [-0.2, -0.15) is 8.42 Å². The van der Waals surface area contributed by atoms with E-state index in [1.54, 1.807) is 0 Å². The van der Waals surface area contributed by atoms with E-state index in [4.69, 9.17) is 17.5 Å². The molecule has 6 N–H and O–H groups in total. The molecule has 0 aromatic rings. The summed E-state index contributed by atoms with van der Waals surface area (Å²) in [5, 5.41) is 0. The van der Waals surface area contributed by atoms with Crippen molar-refractivity contribution in [2.24, 2.45) is 0 Å². The predicted octanol–water partition coefficient (Wildman–Crippen LogP) is -4.52. The number of hydrogen-bond donors (Lipinski definition) is 2. The first-order valence-corrected chi connectivity index (χ1v) is 2.10. The average Bonchev–Trinajstić information content (AvgIpc) is 0.722. The van der Waals surface area contributed by atoms with Crippen molar-refractivity contribution in [2.45, 2.75) is 0 Å². The Morgan fingerprint density at radius 2 is 1.00 bits per heavy atom. The van der Waals surface area contributed by atoms with Crippen molar-refractivity contribution in [3.05, 3.63) is 0 Å². The molecule has 10 heteroatoms. The minimum absolute atomic E-state index is 0. The Hall–Kier alpha value is 2.65. The first-order chi connectivity index (χ1) is 2.00. The maximum atomic E-state index is 8.74. The zero-order valence-corrected chi connectivity index (χ0v) is 3.94. The predicted molar refractivity (Wildman–Crippen MR) is 44.2 cm³/mol. The molecule has 0 saturated carbocycles. The second-order valence-electron chi connectivity index (χ2n) is 0.448. The molecule has 0 fully saturated rings. The molecule has 0 spiro atoms. The van der Waals surface area contributed by atoms with Crippen molar-refractivity contribution in [1.82, 2.24) is 0 Å². The number of rotatable bonds is 0. The molecule has 0 aliphatic heterocycles. The quantitative estimate of drug-likeness (QED) is 0.306. The second-order valence-corrected chi connectivity index (χ2v) is 1.34. The van der Waals surface area contributed by atoms with Gasteiger partial charge in [0.05, 0.1) is 0 Å². The van der Waals surface area contributed by atoms with Gasteiger partial charge in [0.1, 0.15) is 0 Å². The van der Waals surface area contributed by atoms with Crippen molar-refractivity contribution < 1.29 is 28.5 Å². The van der Waals surface area contributed by atoms with Crippen LogP contribution in [0.1, 0.15) is 0 Å². The summed E-state index contributed by atoms with van der Waals surface area (Å²) in [4.78, 5) is 0. The third-order valence-corrected chi connectivity index (χ3v) is 0. The van der Waals surface area contributed by atoms with E-state index in [0.717, 1.165) is 0 Å². The van der Waals surface area contributed by atoms with Crippen LogP contribution in [0.2, 0.25) is 0 Å². The number of hydrogen-bond acceptors (Lipinski definition) is 2. The molecule has 0 rings (SSSR count). The van der Waals surface area contributed by atoms with Crippen LogP contribution < -0.4 is 0 Å². The Morgan fingerprint density at radius 1 is 1.00 bits per heavy atom. The maximum absolute atomic E-state index is 8.74. The SMILES string of the molecule is O.O.O=S(=O)(O)O.[CaH2].[LiH].[NaH]. The van der Waals surface area contributed by atoms with Crippen molar-refractivity contribution in [3.8, 4) is 0 Å². The van der Waals surface area contributed by atoms with Gasteiger partial charge in [-0.25, -0.2) is 0 Å². The third-order valence-electron chi connectivity index (χ3n) is 0. The standard InChI is InChI=1S/Ca.Li.Na.H2O4S.2H2O.4H/c;;;1-5(2,3)4;;;;;;/h;;;(H2,1,2,3,4);2*1H2;;;;. The van der Waals surface area contributed by atoms with Crippen LogP contribution in [-0.4, -0.2) is 115 Å². The fourth-order valence-electron chi connectivity index (χ4n) is 0. The van der Waals surface area contributed by atoms with E-state index in [9.17, 15) is 0 Å². The summed E-state index contributed by atoms with van der Waals surface area (Å²) in [6.07, 6.45) is 0. The van der Waals surface area contributed by atoms with Crippen LogP contribution in [0.25, 0.3) is 0 Å². The molecule has 0 amide bonds. The fraction of sp³-hybridized carbons (Fsp3) is 0. The van der Waals surface area contributed by atoms with Gasteiger partial charge >= 0.3 is 96.6 Å². The van der Waals surface area contributed by atoms with Gasteiger partial charge in [0.15, 0.2) is 0 Å². The molecule has 10 heavy (non-hydrogen) atoms. The molecule has 0 radical (unpaired) electrons. The molecule has 0 heterocycles. The fourth-order valence-corrected chi connectivity index (χ4v) is 0. The Morgan fingerprint density at radius 3 is 1.00 bits per heavy atom. The van der Waals surface area contributed by atoms with Crippen LogP contribution in [0, 0.1) is 0 Å². The van der Waals surface area contributed by atoms with Crippen molar-refractivity contribution in [2.75, 3.05) is 0 Å². The summed E-state index contributed by atoms with van der Waals surface area (Å²) >= 11 is 0. The normalized spacial score (nSPS) is 5.80. The van der Waals surface area contributed by atoms with E-state index in [0.29, 0.717) is 0 Å². The molecular formula is H10CaLiNaO6S. The van der Waals surface area contributed by atoms with Gasteiger partial charge in [0.2, 0.25) is 0 Å². The van der Waals surface area contributed by atoms with Crippen molar-refractivity contribution in [3.63, 3.8) is 0 Å². The molecular weight excluding hydrogens is 198 g/mol. The second kappa shape index (κ2) is 17.7. The van der Waals surface area contributed by atoms with Crippen LogP contribution >= 0.6 is 0 Å². The summed E-state index contributed by atoms with van der Waals surface area (Å²) in [5.41, 5.74) is 0. The summed E-state index contributed by atoms with van der Waals surface area (Å²) in [6.45, 7) is 0. The van der Waals surface area contributed by atoms with Gasteiger partial charge in [-0.05, 0) is 0 Å². The zero-order valence-electron chi connectivity index (χ0n) is 3.12.